The number of nitro groups is 1. The number of hydrogen-bond acceptors (Lipinski definition) is 2. The molecule has 0 saturated heterocycles. The summed E-state index contributed by atoms with van der Waals surface area (Å²) in [6.07, 6.45) is -4.71. The van der Waals surface area contributed by atoms with E-state index in [2.05, 4.69) is 0 Å². The molecule has 0 aromatic heterocycles. The van der Waals surface area contributed by atoms with Gasteiger partial charge in [-0.1, -0.05) is 11.6 Å². The Morgan fingerprint density at radius 2 is 2.07 bits per heavy atom. The van der Waals surface area contributed by atoms with Crippen molar-refractivity contribution < 1.29 is 18.1 Å². The monoisotopic (exact) mass is 224 g/mol. The quantitative estimate of drug-likeness (QED) is 0.543. The Balaban J connectivity index is 3.29. The maximum absolute atomic E-state index is 12.2. The Kier molecular flexibility index (Phi) is 2.66. The smallest absolute Gasteiger partial charge is 0.258 e. The van der Waals surface area contributed by atoms with Gasteiger partial charge in [-0.15, -0.1) is 0 Å². The van der Waals surface area contributed by atoms with Gasteiger partial charge >= 0.3 is 6.18 Å². The molecule has 1 rings (SSSR count). The van der Waals surface area contributed by atoms with Crippen molar-refractivity contribution in [1.82, 2.24) is 0 Å². The first-order chi connectivity index (χ1) is 6.32. The van der Waals surface area contributed by atoms with Crippen LogP contribution in [0, 0.1) is 16.2 Å². The van der Waals surface area contributed by atoms with Crippen molar-refractivity contribution in [3.8, 4) is 0 Å². The van der Waals surface area contributed by atoms with Crippen LogP contribution in [0.25, 0.3) is 0 Å². The van der Waals surface area contributed by atoms with E-state index in [0.29, 0.717) is 6.07 Å². The van der Waals surface area contributed by atoms with Gasteiger partial charge < -0.3 is 0 Å². The van der Waals surface area contributed by atoms with E-state index in [4.69, 9.17) is 11.6 Å². The van der Waals surface area contributed by atoms with E-state index in [1.165, 1.54) is 0 Å². The van der Waals surface area contributed by atoms with Gasteiger partial charge in [0.15, 0.2) is 0 Å². The molecule has 0 aliphatic rings. The first kappa shape index (κ1) is 10.8. The van der Waals surface area contributed by atoms with E-state index in [1.54, 1.807) is 0 Å². The molecule has 0 N–H and O–H groups in total. The van der Waals surface area contributed by atoms with Gasteiger partial charge in [0.25, 0.3) is 5.69 Å². The summed E-state index contributed by atoms with van der Waals surface area (Å²) in [6.45, 7) is 0. The number of nitro benzene ring substituents is 1. The highest BCUT2D eigenvalue weighted by Gasteiger charge is 2.34. The fourth-order valence-corrected chi connectivity index (χ4v) is 0.996. The predicted molar refractivity (Wildman–Crippen MR) is 41.9 cm³/mol. The summed E-state index contributed by atoms with van der Waals surface area (Å²) in [5.74, 6) is 0. The van der Waals surface area contributed by atoms with Gasteiger partial charge in [0.1, 0.15) is 0 Å². The lowest BCUT2D eigenvalue weighted by Gasteiger charge is -2.07. The normalized spacial score (nSPS) is 11.4. The summed E-state index contributed by atoms with van der Waals surface area (Å²) in [4.78, 5) is 9.22. The van der Waals surface area contributed by atoms with Crippen LogP contribution in [0.15, 0.2) is 12.1 Å². The number of non-ortho nitro benzene ring substituents is 1. The van der Waals surface area contributed by atoms with Gasteiger partial charge in [-0.3, -0.25) is 10.1 Å². The van der Waals surface area contributed by atoms with Gasteiger partial charge in [-0.25, -0.2) is 0 Å². The van der Waals surface area contributed by atoms with Crippen LogP contribution in [0.5, 0.6) is 0 Å². The van der Waals surface area contributed by atoms with E-state index < -0.39 is 27.4 Å². The molecule has 0 amide bonds. The van der Waals surface area contributed by atoms with Crippen LogP contribution >= 0.6 is 11.6 Å². The lowest BCUT2D eigenvalue weighted by molar-refractivity contribution is -0.385. The number of nitrogens with zero attached hydrogens (tertiary/aromatic N) is 1. The lowest BCUT2D eigenvalue weighted by atomic mass is 10.2. The molecule has 0 aliphatic carbocycles. The lowest BCUT2D eigenvalue weighted by Crippen LogP contribution is -2.06. The van der Waals surface area contributed by atoms with Crippen LogP contribution in [0.4, 0.5) is 18.9 Å². The maximum atomic E-state index is 12.2. The van der Waals surface area contributed by atoms with Crippen molar-refractivity contribution in [2.24, 2.45) is 0 Å². The minimum absolute atomic E-state index is 0.374. The van der Waals surface area contributed by atoms with Crippen molar-refractivity contribution in [3.05, 3.63) is 38.9 Å². The summed E-state index contributed by atoms with van der Waals surface area (Å²) in [5.41, 5.74) is -1.95. The number of rotatable bonds is 1. The van der Waals surface area contributed by atoms with E-state index >= 15 is 0 Å². The summed E-state index contributed by atoms with van der Waals surface area (Å²) in [5, 5.41) is 9.49. The van der Waals surface area contributed by atoms with E-state index in [-0.39, 0.29) is 0 Å². The van der Waals surface area contributed by atoms with Gasteiger partial charge in [-0.05, 0) is 0 Å². The number of benzene rings is 1. The predicted octanol–water partition coefficient (Wildman–Crippen LogP) is 3.07. The van der Waals surface area contributed by atoms with Gasteiger partial charge in [0.2, 0.25) is 0 Å². The molecule has 0 atom stereocenters. The maximum Gasteiger partial charge on any atom is 0.418 e. The third kappa shape index (κ3) is 2.14. The molecule has 7 heteroatoms. The molecule has 3 nitrogen and oxygen atoms in total. The van der Waals surface area contributed by atoms with Crippen LogP contribution in [-0.4, -0.2) is 4.92 Å². The fourth-order valence-electron chi connectivity index (χ4n) is 0.780. The number of alkyl halides is 3. The largest absolute Gasteiger partial charge is 0.418 e. The molecule has 0 aliphatic heterocycles. The molecular weight excluding hydrogens is 223 g/mol. The highest BCUT2D eigenvalue weighted by Crippen LogP contribution is 2.36. The van der Waals surface area contributed by atoms with Crippen molar-refractivity contribution in [2.75, 3.05) is 0 Å². The minimum atomic E-state index is -4.71. The third-order valence-corrected chi connectivity index (χ3v) is 1.70. The van der Waals surface area contributed by atoms with Crippen molar-refractivity contribution in [3.63, 3.8) is 0 Å². The van der Waals surface area contributed by atoms with Crippen LogP contribution in [0.3, 0.4) is 0 Å². The highest BCUT2D eigenvalue weighted by molar-refractivity contribution is 6.31. The molecule has 0 fully saturated rings. The molecule has 0 spiro atoms. The van der Waals surface area contributed by atoms with Crippen molar-refractivity contribution in [2.45, 2.75) is 6.18 Å². The number of hydrogen-bond donors (Lipinski definition) is 0. The average Bonchev–Trinajstić information content (AvgIpc) is 2.02. The summed E-state index contributed by atoms with van der Waals surface area (Å²) in [7, 11) is 0. The summed E-state index contributed by atoms with van der Waals surface area (Å²) >= 11 is 5.19. The van der Waals surface area contributed by atoms with Gasteiger partial charge in [0.05, 0.1) is 15.5 Å². The SMILES string of the molecule is O=[N+]([O-])c1c[c]c(Cl)c(C(F)(F)F)c1. The zero-order valence-electron chi connectivity index (χ0n) is 6.43. The first-order valence-corrected chi connectivity index (χ1v) is 3.63. The van der Waals surface area contributed by atoms with E-state index in [0.717, 1.165) is 6.07 Å². The Morgan fingerprint density at radius 1 is 1.50 bits per heavy atom. The second-order valence-corrected chi connectivity index (χ2v) is 2.72. The van der Waals surface area contributed by atoms with Gasteiger partial charge in [-0.2, -0.15) is 13.2 Å². The standard InChI is InChI=1S/C7H2ClF3NO2/c8-6-2-1-4(12(13)14)3-5(6)7(9,10)11/h1,3H. The Labute approximate surface area is 81.2 Å². The molecule has 0 saturated carbocycles. The molecule has 1 aromatic carbocycles. The summed E-state index contributed by atoms with van der Waals surface area (Å²) < 4.78 is 36.5. The van der Waals surface area contributed by atoms with Crippen LogP contribution in [0.1, 0.15) is 5.56 Å². The first-order valence-electron chi connectivity index (χ1n) is 3.25. The highest BCUT2D eigenvalue weighted by atomic mass is 35.5. The van der Waals surface area contributed by atoms with Crippen molar-refractivity contribution >= 4 is 17.3 Å². The topological polar surface area (TPSA) is 43.1 Å². The molecule has 0 bridgehead atoms. The van der Waals surface area contributed by atoms with E-state index in [1.807, 2.05) is 6.07 Å². The van der Waals surface area contributed by atoms with Crippen LogP contribution in [-0.2, 0) is 6.18 Å². The molecule has 75 valence electrons. The molecular formula is C7H2ClF3NO2. The molecule has 14 heavy (non-hydrogen) atoms. The molecule has 0 unspecified atom stereocenters. The second-order valence-electron chi connectivity index (χ2n) is 2.34. The zero-order valence-corrected chi connectivity index (χ0v) is 7.19. The molecule has 1 radical (unpaired) electrons. The second kappa shape index (κ2) is 3.45. The summed E-state index contributed by atoms with van der Waals surface area (Å²) in [6, 6.07) is 3.12. The zero-order chi connectivity index (χ0) is 10.9. The number of halogens is 4. The van der Waals surface area contributed by atoms with Gasteiger partial charge in [0, 0.05) is 18.2 Å². The average molecular weight is 225 g/mol. The fraction of sp³-hybridized carbons (Fsp3) is 0.143. The Morgan fingerprint density at radius 3 is 2.50 bits per heavy atom. The minimum Gasteiger partial charge on any atom is -0.258 e. The van der Waals surface area contributed by atoms with Crippen LogP contribution < -0.4 is 0 Å². The van der Waals surface area contributed by atoms with Crippen LogP contribution in [0.2, 0.25) is 5.02 Å². The third-order valence-electron chi connectivity index (χ3n) is 1.39. The Hall–Kier alpha value is -1.30. The molecule has 0 heterocycles. The van der Waals surface area contributed by atoms with Crippen molar-refractivity contribution in [1.29, 1.82) is 0 Å². The van der Waals surface area contributed by atoms with E-state index in [9.17, 15) is 23.3 Å². The Bertz CT molecular complexity index is 378. The molecule has 1 aromatic rings.